The number of rotatable bonds is 5. The van der Waals surface area contributed by atoms with Crippen LogP contribution in [-0.4, -0.2) is 18.7 Å². The van der Waals surface area contributed by atoms with Crippen LogP contribution in [0.3, 0.4) is 0 Å². The number of amides is 1. The van der Waals surface area contributed by atoms with Crippen molar-refractivity contribution >= 4 is 41.0 Å². The van der Waals surface area contributed by atoms with Gasteiger partial charge in [-0.1, -0.05) is 35.3 Å². The summed E-state index contributed by atoms with van der Waals surface area (Å²) in [4.78, 5) is 11.7. The number of hydrogen-bond acceptors (Lipinski definition) is 3. The zero-order valence-corrected chi connectivity index (χ0v) is 14.1. The van der Waals surface area contributed by atoms with Gasteiger partial charge >= 0.3 is 6.18 Å². The number of hydrogen-bond donors (Lipinski definition) is 2. The molecule has 1 amide bonds. The van der Waals surface area contributed by atoms with E-state index in [9.17, 15) is 18.0 Å². The van der Waals surface area contributed by atoms with E-state index in [1.165, 1.54) is 18.3 Å². The average molecular weight is 390 g/mol. The molecule has 2 rings (SSSR count). The van der Waals surface area contributed by atoms with Crippen LogP contribution >= 0.6 is 23.2 Å². The van der Waals surface area contributed by atoms with E-state index in [1.807, 2.05) is 0 Å². The maximum Gasteiger partial charge on any atom is 0.416 e. The molecule has 25 heavy (non-hydrogen) atoms. The highest BCUT2D eigenvalue weighted by atomic mass is 35.5. The van der Waals surface area contributed by atoms with E-state index >= 15 is 0 Å². The average Bonchev–Trinajstić information content (AvgIpc) is 2.56. The molecule has 0 heterocycles. The Morgan fingerprint density at radius 2 is 1.88 bits per heavy atom. The van der Waals surface area contributed by atoms with Gasteiger partial charge in [0.25, 0.3) is 5.91 Å². The second kappa shape index (κ2) is 8.22. The maximum atomic E-state index is 12.6. The van der Waals surface area contributed by atoms with E-state index in [-0.39, 0.29) is 12.2 Å². The third-order valence-electron chi connectivity index (χ3n) is 2.99. The first kappa shape index (κ1) is 19.1. The van der Waals surface area contributed by atoms with Gasteiger partial charge in [-0.25, -0.2) is 5.43 Å². The van der Waals surface area contributed by atoms with Gasteiger partial charge in [-0.3, -0.25) is 4.79 Å². The summed E-state index contributed by atoms with van der Waals surface area (Å²) in [6.45, 7) is -0.236. The topological polar surface area (TPSA) is 53.5 Å². The van der Waals surface area contributed by atoms with Crippen molar-refractivity contribution in [1.82, 2.24) is 5.43 Å². The zero-order valence-electron chi connectivity index (χ0n) is 12.6. The molecule has 0 aliphatic carbocycles. The Balaban J connectivity index is 1.86. The molecule has 0 saturated heterocycles. The fourth-order valence-corrected chi connectivity index (χ4v) is 2.11. The van der Waals surface area contributed by atoms with Crippen LogP contribution in [0.15, 0.2) is 47.6 Å². The van der Waals surface area contributed by atoms with Crippen molar-refractivity contribution < 1.29 is 18.0 Å². The number of benzene rings is 2. The van der Waals surface area contributed by atoms with Crippen molar-refractivity contribution in [3.05, 3.63) is 63.6 Å². The molecule has 0 atom stereocenters. The predicted octanol–water partition coefficient (Wildman–Crippen LogP) is 4.57. The van der Waals surface area contributed by atoms with E-state index in [4.69, 9.17) is 23.2 Å². The maximum absolute atomic E-state index is 12.6. The number of nitrogens with zero attached hydrogens (tertiary/aromatic N) is 1. The number of hydrazone groups is 1. The monoisotopic (exact) mass is 389 g/mol. The first-order valence-corrected chi connectivity index (χ1v) is 7.69. The van der Waals surface area contributed by atoms with Gasteiger partial charge < -0.3 is 5.32 Å². The number of halogens is 5. The molecule has 0 aliphatic heterocycles. The second-order valence-electron chi connectivity index (χ2n) is 4.90. The smallest absolute Gasteiger partial charge is 0.376 e. The van der Waals surface area contributed by atoms with Gasteiger partial charge in [-0.05, 0) is 35.9 Å². The molecule has 0 unspecified atom stereocenters. The molecule has 0 spiro atoms. The molecule has 0 radical (unpaired) electrons. The van der Waals surface area contributed by atoms with Gasteiger partial charge in [0.15, 0.2) is 0 Å². The molecule has 0 aromatic heterocycles. The standard InChI is InChI=1S/C16H12Cl2F3N3O/c17-13-5-4-10(6-14(13)18)8-23-24-15(25)9-22-12-3-1-2-11(7-12)16(19,20)21/h1-8,22H,9H2,(H,24,25). The molecule has 0 fully saturated rings. The fraction of sp³-hybridized carbons (Fsp3) is 0.125. The molecule has 0 saturated carbocycles. The van der Waals surface area contributed by atoms with Crippen LogP contribution in [0.2, 0.25) is 10.0 Å². The Labute approximate surface area is 151 Å². The van der Waals surface area contributed by atoms with E-state index in [2.05, 4.69) is 15.8 Å². The highest BCUT2D eigenvalue weighted by Gasteiger charge is 2.30. The third-order valence-corrected chi connectivity index (χ3v) is 3.73. The summed E-state index contributed by atoms with van der Waals surface area (Å²) in [7, 11) is 0. The van der Waals surface area contributed by atoms with Crippen LogP contribution in [0.4, 0.5) is 18.9 Å². The molecular weight excluding hydrogens is 378 g/mol. The lowest BCUT2D eigenvalue weighted by atomic mass is 10.2. The molecular formula is C16H12Cl2F3N3O. The highest BCUT2D eigenvalue weighted by Crippen LogP contribution is 2.30. The Morgan fingerprint density at radius 3 is 2.56 bits per heavy atom. The molecule has 2 N–H and O–H groups in total. The molecule has 0 bridgehead atoms. The lowest BCUT2D eigenvalue weighted by Gasteiger charge is -2.10. The van der Waals surface area contributed by atoms with Gasteiger partial charge in [0.2, 0.25) is 0 Å². The van der Waals surface area contributed by atoms with E-state index < -0.39 is 17.6 Å². The lowest BCUT2D eigenvalue weighted by Crippen LogP contribution is -2.26. The number of carbonyl (C=O) groups is 1. The van der Waals surface area contributed by atoms with Crippen molar-refractivity contribution in [2.24, 2.45) is 5.10 Å². The Morgan fingerprint density at radius 1 is 1.12 bits per heavy atom. The zero-order chi connectivity index (χ0) is 18.4. The summed E-state index contributed by atoms with van der Waals surface area (Å²) in [5.41, 5.74) is 2.26. The molecule has 132 valence electrons. The molecule has 2 aromatic carbocycles. The first-order chi connectivity index (χ1) is 11.8. The van der Waals surface area contributed by atoms with Gasteiger partial charge in [0, 0.05) is 5.69 Å². The van der Waals surface area contributed by atoms with E-state index in [1.54, 1.807) is 18.2 Å². The summed E-state index contributed by atoms with van der Waals surface area (Å²) in [5, 5.41) is 7.08. The Hall–Kier alpha value is -2.25. The summed E-state index contributed by atoms with van der Waals surface area (Å²) in [6.07, 6.45) is -3.07. The van der Waals surface area contributed by atoms with Crippen molar-refractivity contribution in [2.75, 3.05) is 11.9 Å². The number of carbonyl (C=O) groups excluding carboxylic acids is 1. The number of nitrogens with one attached hydrogen (secondary N) is 2. The number of anilines is 1. The van der Waals surface area contributed by atoms with Crippen molar-refractivity contribution in [2.45, 2.75) is 6.18 Å². The van der Waals surface area contributed by atoms with Crippen LogP contribution in [0.25, 0.3) is 0 Å². The largest absolute Gasteiger partial charge is 0.416 e. The third kappa shape index (κ3) is 5.95. The normalized spacial score (nSPS) is 11.6. The van der Waals surface area contributed by atoms with E-state index in [0.29, 0.717) is 15.6 Å². The Kier molecular flexibility index (Phi) is 6.27. The van der Waals surface area contributed by atoms with Crippen LogP contribution in [-0.2, 0) is 11.0 Å². The minimum Gasteiger partial charge on any atom is -0.376 e. The highest BCUT2D eigenvalue weighted by molar-refractivity contribution is 6.42. The van der Waals surface area contributed by atoms with Gasteiger partial charge in [-0.2, -0.15) is 18.3 Å². The first-order valence-electron chi connectivity index (χ1n) is 6.94. The van der Waals surface area contributed by atoms with Crippen LogP contribution in [0, 0.1) is 0 Å². The van der Waals surface area contributed by atoms with Crippen LogP contribution < -0.4 is 10.7 Å². The fourth-order valence-electron chi connectivity index (χ4n) is 1.80. The molecule has 2 aromatic rings. The van der Waals surface area contributed by atoms with Crippen molar-refractivity contribution in [3.63, 3.8) is 0 Å². The minimum absolute atomic E-state index is 0.179. The predicted molar refractivity (Wildman–Crippen MR) is 92.1 cm³/mol. The summed E-state index contributed by atoms with van der Waals surface area (Å²) in [6, 6.07) is 9.37. The van der Waals surface area contributed by atoms with Crippen LogP contribution in [0.5, 0.6) is 0 Å². The summed E-state index contributed by atoms with van der Waals surface area (Å²) < 4.78 is 37.8. The SMILES string of the molecule is O=C(CNc1cccc(C(F)(F)F)c1)NN=Cc1ccc(Cl)c(Cl)c1. The lowest BCUT2D eigenvalue weighted by molar-refractivity contribution is -0.137. The molecule has 9 heteroatoms. The summed E-state index contributed by atoms with van der Waals surface area (Å²) in [5.74, 6) is -0.520. The number of alkyl halides is 3. The second-order valence-corrected chi connectivity index (χ2v) is 5.71. The quantitative estimate of drug-likeness (QED) is 0.580. The van der Waals surface area contributed by atoms with Crippen molar-refractivity contribution in [3.8, 4) is 0 Å². The summed E-state index contributed by atoms with van der Waals surface area (Å²) >= 11 is 11.6. The van der Waals surface area contributed by atoms with E-state index in [0.717, 1.165) is 12.1 Å². The molecule has 0 aliphatic rings. The van der Waals surface area contributed by atoms with Gasteiger partial charge in [0.1, 0.15) is 0 Å². The van der Waals surface area contributed by atoms with Gasteiger partial charge in [-0.15, -0.1) is 0 Å². The Bertz CT molecular complexity index is 794. The van der Waals surface area contributed by atoms with Crippen LogP contribution in [0.1, 0.15) is 11.1 Å². The molecule has 4 nitrogen and oxygen atoms in total. The minimum atomic E-state index is -4.44. The van der Waals surface area contributed by atoms with Crippen molar-refractivity contribution in [1.29, 1.82) is 0 Å². The van der Waals surface area contributed by atoms with Gasteiger partial charge in [0.05, 0.1) is 28.4 Å².